The Morgan fingerprint density at radius 3 is 2.55 bits per heavy atom. The molecule has 0 unspecified atom stereocenters. The van der Waals surface area contributed by atoms with Gasteiger partial charge in [0.2, 0.25) is 5.91 Å². The predicted molar refractivity (Wildman–Crippen MR) is 110 cm³/mol. The Labute approximate surface area is 167 Å². The maximum atomic E-state index is 12.7. The van der Waals surface area contributed by atoms with Gasteiger partial charge in [-0.05, 0) is 23.3 Å². The molecule has 4 rings (SSSR count). The van der Waals surface area contributed by atoms with Crippen LogP contribution in [0.3, 0.4) is 0 Å². The lowest BCUT2D eigenvalue weighted by Gasteiger charge is -2.10. The molecule has 0 spiro atoms. The summed E-state index contributed by atoms with van der Waals surface area (Å²) in [7, 11) is 0. The number of nitrogens with two attached hydrogens (primary N) is 1. The summed E-state index contributed by atoms with van der Waals surface area (Å²) in [5.74, 6) is -0.771. The van der Waals surface area contributed by atoms with Crippen LogP contribution in [0, 0.1) is 0 Å². The first kappa shape index (κ1) is 18.4. The zero-order chi connectivity index (χ0) is 20.2. The smallest absolute Gasteiger partial charge is 0.257 e. The molecule has 144 valence electrons. The quantitative estimate of drug-likeness (QED) is 0.533. The molecule has 4 aromatic rings. The van der Waals surface area contributed by atoms with Crippen molar-refractivity contribution >= 4 is 28.5 Å². The van der Waals surface area contributed by atoms with Crippen LogP contribution in [-0.4, -0.2) is 26.6 Å². The van der Waals surface area contributed by atoms with Crippen LogP contribution in [0.25, 0.3) is 11.0 Å². The first-order valence-corrected chi connectivity index (χ1v) is 9.13. The van der Waals surface area contributed by atoms with E-state index in [0.29, 0.717) is 29.0 Å². The lowest BCUT2D eigenvalue weighted by molar-refractivity contribution is -0.117. The lowest BCUT2D eigenvalue weighted by atomic mass is 10.1. The molecule has 2 heterocycles. The first-order chi connectivity index (χ1) is 14.1. The average molecular weight is 385 g/mol. The number of hydrogen-bond donors (Lipinski definition) is 2. The SMILES string of the molecule is NC(=O)Cc1ccccc1NC(=O)c1cnc2c(cnn2Cc2ccccc2)c1. The molecule has 7 heteroatoms. The van der Waals surface area contributed by atoms with Crippen LogP contribution < -0.4 is 11.1 Å². The zero-order valence-electron chi connectivity index (χ0n) is 15.6. The van der Waals surface area contributed by atoms with Gasteiger partial charge in [-0.1, -0.05) is 48.5 Å². The monoisotopic (exact) mass is 385 g/mol. The van der Waals surface area contributed by atoms with Gasteiger partial charge in [-0.25, -0.2) is 9.67 Å². The van der Waals surface area contributed by atoms with E-state index < -0.39 is 5.91 Å². The highest BCUT2D eigenvalue weighted by molar-refractivity contribution is 6.06. The number of carbonyl (C=O) groups is 2. The normalized spacial score (nSPS) is 10.8. The third-order valence-corrected chi connectivity index (χ3v) is 4.54. The van der Waals surface area contributed by atoms with Crippen LogP contribution in [0.15, 0.2) is 73.1 Å². The number of benzene rings is 2. The van der Waals surface area contributed by atoms with Gasteiger partial charge in [0.15, 0.2) is 5.65 Å². The fraction of sp³-hybridized carbons (Fsp3) is 0.0909. The van der Waals surface area contributed by atoms with Crippen molar-refractivity contribution in [1.82, 2.24) is 14.8 Å². The Hall–Kier alpha value is -4.00. The minimum Gasteiger partial charge on any atom is -0.369 e. The van der Waals surface area contributed by atoms with E-state index in [1.54, 1.807) is 41.2 Å². The van der Waals surface area contributed by atoms with Crippen LogP contribution in [0.1, 0.15) is 21.5 Å². The van der Waals surface area contributed by atoms with Crippen LogP contribution in [0.4, 0.5) is 5.69 Å². The van der Waals surface area contributed by atoms with Crippen molar-refractivity contribution in [3.63, 3.8) is 0 Å². The lowest BCUT2D eigenvalue weighted by Crippen LogP contribution is -2.17. The number of nitrogens with one attached hydrogen (secondary N) is 1. The van der Waals surface area contributed by atoms with Crippen molar-refractivity contribution in [3.8, 4) is 0 Å². The second-order valence-electron chi connectivity index (χ2n) is 6.68. The van der Waals surface area contributed by atoms with Gasteiger partial charge in [0.25, 0.3) is 5.91 Å². The van der Waals surface area contributed by atoms with Crippen molar-refractivity contribution in [2.75, 3.05) is 5.32 Å². The molecule has 2 aromatic heterocycles. The summed E-state index contributed by atoms with van der Waals surface area (Å²) >= 11 is 0. The van der Waals surface area contributed by atoms with Crippen LogP contribution in [0.2, 0.25) is 0 Å². The molecule has 3 N–H and O–H groups in total. The standard InChI is InChI=1S/C22H19N5O2/c23-20(28)11-16-8-4-5-9-19(16)26-22(29)18-10-17-13-25-27(21(17)24-12-18)14-15-6-2-1-3-7-15/h1-10,12-13H,11,14H2,(H2,23,28)(H,26,29). The molecule has 2 amide bonds. The maximum Gasteiger partial charge on any atom is 0.257 e. The fourth-order valence-electron chi connectivity index (χ4n) is 3.15. The number of rotatable bonds is 6. The Balaban J connectivity index is 1.56. The van der Waals surface area contributed by atoms with E-state index in [2.05, 4.69) is 15.4 Å². The number of nitrogens with zero attached hydrogens (tertiary/aromatic N) is 3. The second kappa shape index (κ2) is 7.93. The molecule has 0 aliphatic carbocycles. The summed E-state index contributed by atoms with van der Waals surface area (Å²) in [6.07, 6.45) is 3.28. The number of para-hydroxylation sites is 1. The number of hydrogen-bond acceptors (Lipinski definition) is 4. The van der Waals surface area contributed by atoms with E-state index in [1.165, 1.54) is 6.20 Å². The van der Waals surface area contributed by atoms with Gasteiger partial charge in [-0.15, -0.1) is 0 Å². The van der Waals surface area contributed by atoms with Crippen LogP contribution in [0.5, 0.6) is 0 Å². The van der Waals surface area contributed by atoms with Gasteiger partial charge in [-0.2, -0.15) is 5.10 Å². The Morgan fingerprint density at radius 2 is 1.76 bits per heavy atom. The van der Waals surface area contributed by atoms with Crippen molar-refractivity contribution in [3.05, 3.63) is 89.7 Å². The molecular formula is C22H19N5O2. The molecular weight excluding hydrogens is 366 g/mol. The highest BCUT2D eigenvalue weighted by atomic mass is 16.2. The van der Waals surface area contributed by atoms with E-state index in [0.717, 1.165) is 10.9 Å². The zero-order valence-corrected chi connectivity index (χ0v) is 15.6. The van der Waals surface area contributed by atoms with Crippen molar-refractivity contribution in [1.29, 1.82) is 0 Å². The van der Waals surface area contributed by atoms with Gasteiger partial charge < -0.3 is 11.1 Å². The second-order valence-corrected chi connectivity index (χ2v) is 6.68. The number of amides is 2. The van der Waals surface area contributed by atoms with E-state index >= 15 is 0 Å². The summed E-state index contributed by atoms with van der Waals surface area (Å²) < 4.78 is 1.80. The molecule has 0 aliphatic heterocycles. The molecule has 0 saturated carbocycles. The first-order valence-electron chi connectivity index (χ1n) is 9.13. The van der Waals surface area contributed by atoms with E-state index in [4.69, 9.17) is 5.73 Å². The Morgan fingerprint density at radius 1 is 1.00 bits per heavy atom. The van der Waals surface area contributed by atoms with Crippen LogP contribution >= 0.6 is 0 Å². The van der Waals surface area contributed by atoms with E-state index in [9.17, 15) is 9.59 Å². The summed E-state index contributed by atoms with van der Waals surface area (Å²) in [6, 6.07) is 18.8. The molecule has 0 bridgehead atoms. The summed E-state index contributed by atoms with van der Waals surface area (Å²) in [5, 5.41) is 8.00. The molecule has 0 aliphatic rings. The molecule has 2 aromatic carbocycles. The van der Waals surface area contributed by atoms with Gasteiger partial charge >= 0.3 is 0 Å². The average Bonchev–Trinajstić information content (AvgIpc) is 3.12. The number of pyridine rings is 1. The van der Waals surface area contributed by atoms with Gasteiger partial charge in [0, 0.05) is 17.3 Å². The third kappa shape index (κ3) is 4.14. The number of anilines is 1. The van der Waals surface area contributed by atoms with E-state index in [-0.39, 0.29) is 12.3 Å². The molecule has 0 saturated heterocycles. The molecule has 7 nitrogen and oxygen atoms in total. The molecule has 0 atom stereocenters. The van der Waals surface area contributed by atoms with Crippen LogP contribution in [-0.2, 0) is 17.8 Å². The molecule has 29 heavy (non-hydrogen) atoms. The van der Waals surface area contributed by atoms with Gasteiger partial charge in [-0.3, -0.25) is 9.59 Å². The van der Waals surface area contributed by atoms with Crippen molar-refractivity contribution < 1.29 is 9.59 Å². The largest absolute Gasteiger partial charge is 0.369 e. The molecule has 0 radical (unpaired) electrons. The summed E-state index contributed by atoms with van der Waals surface area (Å²) in [5.41, 5.74) is 8.73. The molecule has 0 fully saturated rings. The number of aromatic nitrogens is 3. The fourth-order valence-corrected chi connectivity index (χ4v) is 3.15. The number of carbonyl (C=O) groups excluding carboxylic acids is 2. The van der Waals surface area contributed by atoms with Crippen molar-refractivity contribution in [2.45, 2.75) is 13.0 Å². The highest BCUT2D eigenvalue weighted by Gasteiger charge is 2.13. The predicted octanol–water partition coefficient (Wildman–Crippen LogP) is 2.76. The van der Waals surface area contributed by atoms with Gasteiger partial charge in [0.1, 0.15) is 0 Å². The number of fused-ring (bicyclic) bond motifs is 1. The van der Waals surface area contributed by atoms with Gasteiger partial charge in [0.05, 0.1) is 24.7 Å². The van der Waals surface area contributed by atoms with Crippen molar-refractivity contribution in [2.24, 2.45) is 5.73 Å². The Bertz CT molecular complexity index is 1180. The number of primary amides is 1. The topological polar surface area (TPSA) is 103 Å². The van der Waals surface area contributed by atoms with E-state index in [1.807, 2.05) is 30.3 Å². The highest BCUT2D eigenvalue weighted by Crippen LogP contribution is 2.19. The minimum absolute atomic E-state index is 0.0556. The minimum atomic E-state index is -0.458. The third-order valence-electron chi connectivity index (χ3n) is 4.54. The summed E-state index contributed by atoms with van der Waals surface area (Å²) in [4.78, 5) is 28.4. The summed E-state index contributed by atoms with van der Waals surface area (Å²) in [6.45, 7) is 0.601. The Kier molecular flexibility index (Phi) is 5.03. The maximum absolute atomic E-state index is 12.7.